The molecule has 0 radical (unpaired) electrons. The zero-order valence-corrected chi connectivity index (χ0v) is 16.7. The van der Waals surface area contributed by atoms with Gasteiger partial charge in [-0.1, -0.05) is 23.7 Å². The number of benzene rings is 2. The Balaban J connectivity index is 1.41. The molecule has 2 aliphatic rings. The van der Waals surface area contributed by atoms with Crippen LogP contribution in [0.2, 0.25) is 5.02 Å². The minimum atomic E-state index is -0.701. The van der Waals surface area contributed by atoms with Crippen molar-refractivity contribution in [1.82, 2.24) is 4.90 Å². The van der Waals surface area contributed by atoms with E-state index >= 15 is 0 Å². The molecule has 2 aromatic carbocycles. The average molecular weight is 415 g/mol. The van der Waals surface area contributed by atoms with E-state index < -0.39 is 5.97 Å². The lowest BCUT2D eigenvalue weighted by atomic mass is 9.97. The Hall–Kier alpha value is -2.57. The van der Waals surface area contributed by atoms with Gasteiger partial charge in [0.25, 0.3) is 5.91 Å². The molecule has 0 unspecified atom stereocenters. The summed E-state index contributed by atoms with van der Waals surface area (Å²) in [4.78, 5) is 26.2. The number of carbonyl (C=O) groups is 2. The van der Waals surface area contributed by atoms with Crippen LogP contribution >= 0.6 is 11.6 Å². The highest BCUT2D eigenvalue weighted by Gasteiger charge is 2.25. The number of carboxylic acids is 1. The lowest BCUT2D eigenvalue weighted by Gasteiger charge is -2.30. The molecule has 1 amide bonds. The molecular weight excluding hydrogens is 392 g/mol. The van der Waals surface area contributed by atoms with Crippen LogP contribution in [0, 0.1) is 5.92 Å². The number of nitrogens with one attached hydrogen (secondary N) is 1. The van der Waals surface area contributed by atoms with Gasteiger partial charge >= 0.3 is 5.97 Å². The fourth-order valence-corrected chi connectivity index (χ4v) is 4.25. The minimum Gasteiger partial charge on any atom is -0.491 e. The fraction of sp³-hybridized carbons (Fsp3) is 0.364. The molecule has 0 spiro atoms. The van der Waals surface area contributed by atoms with Gasteiger partial charge in [-0.3, -0.25) is 14.5 Å². The Kier molecular flexibility index (Phi) is 5.74. The number of carboxylic acid groups (broad SMARTS) is 1. The number of aliphatic carboxylic acids is 1. The maximum atomic E-state index is 12.8. The van der Waals surface area contributed by atoms with Crippen LogP contribution in [0.3, 0.4) is 0 Å². The smallest absolute Gasteiger partial charge is 0.306 e. The third-order valence-electron chi connectivity index (χ3n) is 5.58. The summed E-state index contributed by atoms with van der Waals surface area (Å²) >= 11 is 6.15. The first-order valence-corrected chi connectivity index (χ1v) is 10.2. The summed E-state index contributed by atoms with van der Waals surface area (Å²) < 4.78 is 5.54. The zero-order chi connectivity index (χ0) is 20.4. The maximum Gasteiger partial charge on any atom is 0.306 e. The Morgan fingerprint density at radius 2 is 2.00 bits per heavy atom. The number of hydrogen-bond acceptors (Lipinski definition) is 4. The Labute approximate surface area is 174 Å². The highest BCUT2D eigenvalue weighted by molar-refractivity contribution is 6.32. The summed E-state index contributed by atoms with van der Waals surface area (Å²) in [5.74, 6) is -0.504. The molecule has 6 nitrogen and oxygen atoms in total. The highest BCUT2D eigenvalue weighted by Crippen LogP contribution is 2.36. The van der Waals surface area contributed by atoms with Gasteiger partial charge in [0, 0.05) is 29.8 Å². The first-order chi connectivity index (χ1) is 14.0. The van der Waals surface area contributed by atoms with E-state index in [1.165, 1.54) is 0 Å². The molecule has 1 fully saturated rings. The van der Waals surface area contributed by atoms with Gasteiger partial charge < -0.3 is 15.2 Å². The van der Waals surface area contributed by atoms with E-state index in [0.717, 1.165) is 36.4 Å². The van der Waals surface area contributed by atoms with Gasteiger partial charge in [-0.15, -0.1) is 0 Å². The highest BCUT2D eigenvalue weighted by atomic mass is 35.5. The predicted molar refractivity (Wildman–Crippen MR) is 111 cm³/mol. The van der Waals surface area contributed by atoms with Crippen LogP contribution in [0.4, 0.5) is 5.69 Å². The molecule has 2 N–H and O–H groups in total. The number of hydrogen-bond donors (Lipinski definition) is 2. The quantitative estimate of drug-likeness (QED) is 0.777. The van der Waals surface area contributed by atoms with Crippen LogP contribution in [0.15, 0.2) is 36.4 Å². The van der Waals surface area contributed by atoms with Crippen molar-refractivity contribution in [3.63, 3.8) is 0 Å². The van der Waals surface area contributed by atoms with Crippen molar-refractivity contribution in [3.05, 3.63) is 58.1 Å². The SMILES string of the molecule is O=C(Nc1cccc(CN2CCC(C(=O)O)CC2)c1)c1ccc(Cl)c2c1CCO2. The Bertz CT molecular complexity index is 938. The second-order valence-corrected chi connectivity index (χ2v) is 7.95. The van der Waals surface area contributed by atoms with Crippen molar-refractivity contribution in [2.45, 2.75) is 25.8 Å². The van der Waals surface area contributed by atoms with E-state index in [1.807, 2.05) is 24.3 Å². The molecule has 0 saturated carbocycles. The van der Waals surface area contributed by atoms with Crippen LogP contribution in [-0.4, -0.2) is 41.6 Å². The third-order valence-corrected chi connectivity index (χ3v) is 5.88. The molecule has 29 heavy (non-hydrogen) atoms. The number of ether oxygens (including phenoxy) is 1. The normalized spacial score (nSPS) is 16.9. The monoisotopic (exact) mass is 414 g/mol. The summed E-state index contributed by atoms with van der Waals surface area (Å²) in [7, 11) is 0. The van der Waals surface area contributed by atoms with Gasteiger partial charge in [-0.2, -0.15) is 0 Å². The van der Waals surface area contributed by atoms with Crippen LogP contribution in [0.25, 0.3) is 0 Å². The predicted octanol–water partition coefficient (Wildman–Crippen LogP) is 3.82. The molecule has 0 atom stereocenters. The molecule has 1 saturated heterocycles. The van der Waals surface area contributed by atoms with Crippen molar-refractivity contribution in [1.29, 1.82) is 0 Å². The van der Waals surface area contributed by atoms with Gasteiger partial charge in [-0.05, 0) is 55.8 Å². The van der Waals surface area contributed by atoms with Crippen molar-refractivity contribution in [2.24, 2.45) is 5.92 Å². The van der Waals surface area contributed by atoms with Gasteiger partial charge in [-0.25, -0.2) is 0 Å². The first-order valence-electron chi connectivity index (χ1n) is 9.81. The Morgan fingerprint density at radius 1 is 1.21 bits per heavy atom. The molecule has 0 aromatic heterocycles. The first kappa shape index (κ1) is 19.7. The number of fused-ring (bicyclic) bond motifs is 1. The fourth-order valence-electron chi connectivity index (χ4n) is 4.01. The van der Waals surface area contributed by atoms with E-state index in [-0.39, 0.29) is 11.8 Å². The minimum absolute atomic E-state index is 0.178. The number of carbonyl (C=O) groups excluding carboxylic acids is 1. The summed E-state index contributed by atoms with van der Waals surface area (Å²) in [6, 6.07) is 11.2. The summed E-state index contributed by atoms with van der Waals surface area (Å²) in [6.45, 7) is 2.81. The Morgan fingerprint density at radius 3 is 2.76 bits per heavy atom. The molecular formula is C22H23ClN2O4. The summed E-state index contributed by atoms with van der Waals surface area (Å²) in [5, 5.41) is 12.6. The van der Waals surface area contributed by atoms with Crippen molar-refractivity contribution in [3.8, 4) is 5.75 Å². The van der Waals surface area contributed by atoms with Gasteiger partial charge in [0.15, 0.2) is 0 Å². The zero-order valence-electron chi connectivity index (χ0n) is 16.0. The van der Waals surface area contributed by atoms with Crippen LogP contribution in [0.1, 0.15) is 34.3 Å². The van der Waals surface area contributed by atoms with Gasteiger partial charge in [0.05, 0.1) is 17.5 Å². The van der Waals surface area contributed by atoms with Crippen LogP contribution in [-0.2, 0) is 17.8 Å². The van der Waals surface area contributed by atoms with E-state index in [0.29, 0.717) is 42.2 Å². The van der Waals surface area contributed by atoms with E-state index in [4.69, 9.17) is 21.4 Å². The van der Waals surface area contributed by atoms with Crippen molar-refractivity contribution < 1.29 is 19.4 Å². The molecule has 0 aliphatic carbocycles. The van der Waals surface area contributed by atoms with Crippen LogP contribution < -0.4 is 10.1 Å². The number of likely N-dealkylation sites (tertiary alicyclic amines) is 1. The molecule has 152 valence electrons. The van der Waals surface area contributed by atoms with Crippen molar-refractivity contribution in [2.75, 3.05) is 25.0 Å². The molecule has 2 aliphatic heterocycles. The number of piperidine rings is 1. The molecule has 2 aromatic rings. The number of nitrogens with zero attached hydrogens (tertiary/aromatic N) is 1. The lowest BCUT2D eigenvalue weighted by molar-refractivity contribution is -0.143. The molecule has 2 heterocycles. The van der Waals surface area contributed by atoms with Gasteiger partial charge in [0.2, 0.25) is 0 Å². The summed E-state index contributed by atoms with van der Waals surface area (Å²) in [6.07, 6.45) is 2.02. The largest absolute Gasteiger partial charge is 0.491 e. The number of rotatable bonds is 5. The number of amides is 1. The topological polar surface area (TPSA) is 78.9 Å². The number of anilines is 1. The maximum absolute atomic E-state index is 12.8. The molecule has 4 rings (SSSR count). The molecule has 7 heteroatoms. The third kappa shape index (κ3) is 4.38. The average Bonchev–Trinajstić information content (AvgIpc) is 3.19. The second-order valence-electron chi connectivity index (χ2n) is 7.54. The lowest BCUT2D eigenvalue weighted by Crippen LogP contribution is -2.35. The van der Waals surface area contributed by atoms with Crippen LogP contribution in [0.5, 0.6) is 5.75 Å². The van der Waals surface area contributed by atoms with Crippen molar-refractivity contribution >= 4 is 29.2 Å². The standard InChI is InChI=1S/C22H23ClN2O4/c23-19-5-4-18(17-8-11-29-20(17)19)21(26)24-16-3-1-2-14(12-16)13-25-9-6-15(7-10-25)22(27)28/h1-5,12,15H,6-11,13H2,(H,24,26)(H,27,28). The van der Waals surface area contributed by atoms with E-state index in [1.54, 1.807) is 12.1 Å². The molecule has 0 bridgehead atoms. The summed E-state index contributed by atoms with van der Waals surface area (Å²) in [5.41, 5.74) is 3.26. The van der Waals surface area contributed by atoms with Gasteiger partial charge in [0.1, 0.15) is 5.75 Å². The van der Waals surface area contributed by atoms with E-state index in [2.05, 4.69) is 10.2 Å². The van der Waals surface area contributed by atoms with E-state index in [9.17, 15) is 9.59 Å². The second kappa shape index (κ2) is 8.43. The number of halogens is 1.